The Morgan fingerprint density at radius 2 is 2.25 bits per heavy atom. The Hall–Kier alpha value is -1.01. The van der Waals surface area contributed by atoms with E-state index in [2.05, 4.69) is 41.2 Å². The maximum Gasteiger partial charge on any atom is 0.101 e. The maximum atomic E-state index is 9.02. The first-order chi connectivity index (χ1) is 7.53. The van der Waals surface area contributed by atoms with Crippen LogP contribution in [0, 0.1) is 22.7 Å². The van der Waals surface area contributed by atoms with Crippen molar-refractivity contribution in [3.8, 4) is 6.07 Å². The molecule has 2 nitrogen and oxygen atoms in total. The number of anilines is 1. The lowest BCUT2D eigenvalue weighted by Crippen LogP contribution is -2.08. The Morgan fingerprint density at radius 1 is 1.56 bits per heavy atom. The lowest BCUT2D eigenvalue weighted by atomic mass is 10.1. The molecule has 1 atom stereocenters. The van der Waals surface area contributed by atoms with Gasteiger partial charge in [-0.3, -0.25) is 0 Å². The van der Waals surface area contributed by atoms with Gasteiger partial charge < -0.3 is 5.32 Å². The Bertz CT molecular complexity index is 446. The SMILES string of the molecule is CC1(C)CC1CNc1ccc(Br)cc1C#N. The van der Waals surface area contributed by atoms with E-state index >= 15 is 0 Å². The third kappa shape index (κ3) is 2.38. The predicted octanol–water partition coefficient (Wildman–Crippen LogP) is 3.78. The molecule has 0 bridgehead atoms. The van der Waals surface area contributed by atoms with Crippen molar-refractivity contribution in [3.63, 3.8) is 0 Å². The summed E-state index contributed by atoms with van der Waals surface area (Å²) in [6.07, 6.45) is 1.28. The highest BCUT2D eigenvalue weighted by Gasteiger charge is 2.44. The van der Waals surface area contributed by atoms with Crippen LogP contribution in [0.1, 0.15) is 25.8 Å². The molecule has 0 spiro atoms. The van der Waals surface area contributed by atoms with Gasteiger partial charge in [0.2, 0.25) is 0 Å². The van der Waals surface area contributed by atoms with Gasteiger partial charge in [-0.25, -0.2) is 0 Å². The number of hydrogen-bond donors (Lipinski definition) is 1. The second kappa shape index (κ2) is 4.10. The number of rotatable bonds is 3. The van der Waals surface area contributed by atoms with E-state index in [1.165, 1.54) is 6.42 Å². The van der Waals surface area contributed by atoms with E-state index in [0.717, 1.165) is 22.6 Å². The molecule has 1 aliphatic carbocycles. The molecule has 1 aliphatic rings. The van der Waals surface area contributed by atoms with Crippen LogP contribution in [0.5, 0.6) is 0 Å². The largest absolute Gasteiger partial charge is 0.384 e. The van der Waals surface area contributed by atoms with Crippen molar-refractivity contribution < 1.29 is 0 Å². The van der Waals surface area contributed by atoms with Crippen LogP contribution in [0.2, 0.25) is 0 Å². The van der Waals surface area contributed by atoms with Gasteiger partial charge in [0.25, 0.3) is 0 Å². The predicted molar refractivity (Wildman–Crippen MR) is 69.2 cm³/mol. The number of benzene rings is 1. The second-order valence-electron chi connectivity index (χ2n) is 5.07. The van der Waals surface area contributed by atoms with Crippen LogP contribution in [0.3, 0.4) is 0 Å². The number of nitrogens with one attached hydrogen (secondary N) is 1. The molecule has 16 heavy (non-hydrogen) atoms. The van der Waals surface area contributed by atoms with Gasteiger partial charge in [-0.1, -0.05) is 29.8 Å². The third-order valence-corrected chi connectivity index (χ3v) is 3.85. The molecule has 1 saturated carbocycles. The molecule has 3 heteroatoms. The number of hydrogen-bond acceptors (Lipinski definition) is 2. The third-order valence-electron chi connectivity index (χ3n) is 3.36. The highest BCUT2D eigenvalue weighted by atomic mass is 79.9. The van der Waals surface area contributed by atoms with Crippen LogP contribution in [0.4, 0.5) is 5.69 Å². The van der Waals surface area contributed by atoms with E-state index in [1.807, 2.05) is 18.2 Å². The van der Waals surface area contributed by atoms with Crippen molar-refractivity contribution in [2.75, 3.05) is 11.9 Å². The van der Waals surface area contributed by atoms with Crippen molar-refractivity contribution in [3.05, 3.63) is 28.2 Å². The van der Waals surface area contributed by atoms with Crippen molar-refractivity contribution in [1.82, 2.24) is 0 Å². The zero-order chi connectivity index (χ0) is 11.8. The minimum absolute atomic E-state index is 0.481. The van der Waals surface area contributed by atoms with Crippen molar-refractivity contribution in [1.29, 1.82) is 5.26 Å². The zero-order valence-corrected chi connectivity index (χ0v) is 11.1. The van der Waals surface area contributed by atoms with Crippen LogP contribution in [-0.4, -0.2) is 6.54 Å². The maximum absolute atomic E-state index is 9.02. The Labute approximate surface area is 105 Å². The Morgan fingerprint density at radius 3 is 2.81 bits per heavy atom. The lowest BCUT2D eigenvalue weighted by molar-refractivity contribution is 0.573. The normalized spacial score (nSPS) is 21.2. The summed E-state index contributed by atoms with van der Waals surface area (Å²) in [7, 11) is 0. The van der Waals surface area contributed by atoms with Gasteiger partial charge >= 0.3 is 0 Å². The fourth-order valence-corrected chi connectivity index (χ4v) is 2.28. The first-order valence-corrected chi connectivity index (χ1v) is 6.26. The van der Waals surface area contributed by atoms with E-state index in [9.17, 15) is 0 Å². The molecule has 0 amide bonds. The van der Waals surface area contributed by atoms with Crippen molar-refractivity contribution in [2.24, 2.45) is 11.3 Å². The lowest BCUT2D eigenvalue weighted by Gasteiger charge is -2.09. The molecule has 0 aliphatic heterocycles. The summed E-state index contributed by atoms with van der Waals surface area (Å²) in [6, 6.07) is 7.97. The van der Waals surface area contributed by atoms with E-state index in [4.69, 9.17) is 5.26 Å². The molecule has 0 heterocycles. The smallest absolute Gasteiger partial charge is 0.101 e. The molecular formula is C13H15BrN2. The molecule has 1 N–H and O–H groups in total. The van der Waals surface area contributed by atoms with Crippen LogP contribution in [0.15, 0.2) is 22.7 Å². The van der Waals surface area contributed by atoms with Gasteiger partial charge in [-0.15, -0.1) is 0 Å². The first kappa shape index (κ1) is 11.5. The summed E-state index contributed by atoms with van der Waals surface area (Å²) >= 11 is 3.37. The molecule has 0 aromatic heterocycles. The molecule has 0 radical (unpaired) electrons. The minimum atomic E-state index is 0.481. The molecule has 1 unspecified atom stereocenters. The highest BCUT2D eigenvalue weighted by molar-refractivity contribution is 9.10. The monoisotopic (exact) mass is 278 g/mol. The van der Waals surface area contributed by atoms with Gasteiger partial charge in [-0.05, 0) is 36.0 Å². The molecule has 84 valence electrons. The van der Waals surface area contributed by atoms with Crippen LogP contribution >= 0.6 is 15.9 Å². The summed E-state index contributed by atoms with van der Waals surface area (Å²) in [5, 5.41) is 12.4. The van der Waals surface area contributed by atoms with Gasteiger partial charge in [0, 0.05) is 11.0 Å². The fraction of sp³-hybridized carbons (Fsp3) is 0.462. The number of nitriles is 1. The molecular weight excluding hydrogens is 264 g/mol. The zero-order valence-electron chi connectivity index (χ0n) is 9.55. The van der Waals surface area contributed by atoms with Gasteiger partial charge in [0.1, 0.15) is 6.07 Å². The Balaban J connectivity index is 2.02. The van der Waals surface area contributed by atoms with Crippen LogP contribution in [-0.2, 0) is 0 Å². The summed E-state index contributed by atoms with van der Waals surface area (Å²) in [5.41, 5.74) is 2.12. The minimum Gasteiger partial charge on any atom is -0.384 e. The summed E-state index contributed by atoms with van der Waals surface area (Å²) in [4.78, 5) is 0. The fourth-order valence-electron chi connectivity index (χ4n) is 1.92. The van der Waals surface area contributed by atoms with E-state index < -0.39 is 0 Å². The number of nitrogens with zero attached hydrogens (tertiary/aromatic N) is 1. The van der Waals surface area contributed by atoms with Crippen molar-refractivity contribution in [2.45, 2.75) is 20.3 Å². The topological polar surface area (TPSA) is 35.8 Å². The summed E-state index contributed by atoms with van der Waals surface area (Å²) < 4.78 is 0.946. The molecule has 0 saturated heterocycles. The van der Waals surface area contributed by atoms with E-state index in [1.54, 1.807) is 0 Å². The van der Waals surface area contributed by atoms with Gasteiger partial charge in [0.05, 0.1) is 11.3 Å². The van der Waals surface area contributed by atoms with Crippen LogP contribution in [0.25, 0.3) is 0 Å². The van der Waals surface area contributed by atoms with Gasteiger partial charge in [0.15, 0.2) is 0 Å². The highest BCUT2D eigenvalue weighted by Crippen LogP contribution is 2.51. The molecule has 1 aromatic rings. The second-order valence-corrected chi connectivity index (χ2v) is 5.99. The standard InChI is InChI=1S/C13H15BrN2/c1-13(2)6-10(13)8-16-12-4-3-11(14)5-9(12)7-15/h3-5,10,16H,6,8H2,1-2H3. The molecule has 1 fully saturated rings. The summed E-state index contributed by atoms with van der Waals surface area (Å²) in [6.45, 7) is 5.53. The molecule has 2 rings (SSSR count). The van der Waals surface area contributed by atoms with E-state index in [-0.39, 0.29) is 0 Å². The quantitative estimate of drug-likeness (QED) is 0.914. The van der Waals surface area contributed by atoms with Gasteiger partial charge in [-0.2, -0.15) is 5.26 Å². The Kier molecular flexibility index (Phi) is 2.94. The van der Waals surface area contributed by atoms with E-state index in [0.29, 0.717) is 11.0 Å². The summed E-state index contributed by atoms with van der Waals surface area (Å²) in [5.74, 6) is 0.739. The van der Waals surface area contributed by atoms with Crippen molar-refractivity contribution >= 4 is 21.6 Å². The molecule has 1 aromatic carbocycles. The number of halogens is 1. The first-order valence-electron chi connectivity index (χ1n) is 5.46. The average Bonchev–Trinajstić information content (AvgIpc) is 2.84. The average molecular weight is 279 g/mol. The van der Waals surface area contributed by atoms with Crippen LogP contribution < -0.4 is 5.32 Å².